The highest BCUT2D eigenvalue weighted by atomic mass is 16.6. The van der Waals surface area contributed by atoms with Gasteiger partial charge in [0.15, 0.2) is 0 Å². The molecule has 1 amide bonds. The fraction of sp³-hybridized carbons (Fsp3) is 0.0588. The largest absolute Gasteiger partial charge is 0.322 e. The Morgan fingerprint density at radius 2 is 2.08 bits per heavy atom. The van der Waals surface area contributed by atoms with Gasteiger partial charge in [0.1, 0.15) is 6.33 Å². The van der Waals surface area contributed by atoms with Crippen molar-refractivity contribution in [3.8, 4) is 5.69 Å². The molecule has 0 aliphatic rings. The molecule has 0 unspecified atom stereocenters. The summed E-state index contributed by atoms with van der Waals surface area (Å²) in [4.78, 5) is 22.7. The lowest BCUT2D eigenvalue weighted by Gasteiger charge is -2.08. The van der Waals surface area contributed by atoms with Crippen LogP contribution >= 0.6 is 0 Å². The van der Waals surface area contributed by atoms with Crippen LogP contribution < -0.4 is 5.32 Å². The normalized spacial score (nSPS) is 10.8. The minimum absolute atomic E-state index is 0.0617. The zero-order valence-corrected chi connectivity index (χ0v) is 13.7. The number of aromatic nitrogens is 4. The van der Waals surface area contributed by atoms with Gasteiger partial charge in [-0.05, 0) is 47.2 Å². The molecule has 0 spiro atoms. The van der Waals surface area contributed by atoms with Crippen LogP contribution in [0.15, 0.2) is 54.9 Å². The lowest BCUT2D eigenvalue weighted by atomic mass is 10.1. The Bertz CT molecular complexity index is 982. The number of nitrogens with zero attached hydrogens (tertiary/aromatic N) is 5. The highest BCUT2D eigenvalue weighted by molar-refractivity contribution is 6.02. The molecule has 0 saturated carbocycles. The summed E-state index contributed by atoms with van der Waals surface area (Å²) in [7, 11) is 0. The summed E-state index contributed by atoms with van der Waals surface area (Å²) < 4.78 is 1.47. The maximum absolute atomic E-state index is 12.2. The predicted octanol–water partition coefficient (Wildman–Crippen LogP) is 2.53. The Morgan fingerprint density at radius 1 is 1.27 bits per heavy atom. The molecule has 0 saturated heterocycles. The van der Waals surface area contributed by atoms with Gasteiger partial charge in [0.2, 0.25) is 5.91 Å². The molecule has 0 aliphatic carbocycles. The quantitative estimate of drug-likeness (QED) is 0.429. The minimum atomic E-state index is -0.489. The summed E-state index contributed by atoms with van der Waals surface area (Å²) in [6.45, 7) is 1.85. The first-order valence-electron chi connectivity index (χ1n) is 7.61. The molecule has 130 valence electrons. The number of aryl methyl sites for hydroxylation is 1. The number of para-hydroxylation sites is 1. The maximum atomic E-state index is 12.2. The molecule has 0 bridgehead atoms. The Labute approximate surface area is 148 Å². The van der Waals surface area contributed by atoms with Crippen LogP contribution in [0.2, 0.25) is 0 Å². The third-order valence-electron chi connectivity index (χ3n) is 3.64. The van der Waals surface area contributed by atoms with Crippen LogP contribution in [0, 0.1) is 17.0 Å². The standard InChI is InChI=1S/C17H14N6O3/c1-12-6-8-14(22-11-18-20-21-22)10-15(12)19-17(24)9-7-13-4-2-3-5-16(13)23(25)26/h2-11H,1H3,(H,19,24). The number of tetrazole rings is 1. The molecule has 2 aromatic carbocycles. The van der Waals surface area contributed by atoms with Crippen LogP contribution in [0.5, 0.6) is 0 Å². The van der Waals surface area contributed by atoms with E-state index in [1.165, 1.54) is 29.2 Å². The van der Waals surface area contributed by atoms with Gasteiger partial charge in [0, 0.05) is 17.8 Å². The van der Waals surface area contributed by atoms with Gasteiger partial charge in [-0.25, -0.2) is 4.68 Å². The number of nitrogens with one attached hydrogen (secondary N) is 1. The smallest absolute Gasteiger partial charge is 0.276 e. The lowest BCUT2D eigenvalue weighted by Crippen LogP contribution is -2.10. The number of carbonyl (C=O) groups is 1. The molecule has 1 N–H and O–H groups in total. The maximum Gasteiger partial charge on any atom is 0.276 e. The molecular formula is C17H14N6O3. The fourth-order valence-corrected chi connectivity index (χ4v) is 2.30. The molecule has 0 aliphatic heterocycles. The number of nitro groups is 1. The topological polar surface area (TPSA) is 116 Å². The van der Waals surface area contributed by atoms with Gasteiger partial charge >= 0.3 is 0 Å². The highest BCUT2D eigenvalue weighted by Crippen LogP contribution is 2.21. The zero-order chi connectivity index (χ0) is 18.5. The van der Waals surface area contributed by atoms with Crippen molar-refractivity contribution in [3.63, 3.8) is 0 Å². The number of hydrogen-bond acceptors (Lipinski definition) is 6. The van der Waals surface area contributed by atoms with Crippen LogP contribution in [-0.2, 0) is 4.79 Å². The van der Waals surface area contributed by atoms with Crippen LogP contribution in [0.4, 0.5) is 11.4 Å². The van der Waals surface area contributed by atoms with Gasteiger partial charge in [-0.2, -0.15) is 0 Å². The second kappa shape index (κ2) is 7.34. The first-order chi connectivity index (χ1) is 12.5. The number of anilines is 1. The molecule has 26 heavy (non-hydrogen) atoms. The Kier molecular flexibility index (Phi) is 4.79. The van der Waals surface area contributed by atoms with E-state index in [1.807, 2.05) is 19.1 Å². The van der Waals surface area contributed by atoms with E-state index >= 15 is 0 Å². The zero-order valence-electron chi connectivity index (χ0n) is 13.7. The second-order valence-electron chi connectivity index (χ2n) is 5.39. The SMILES string of the molecule is Cc1ccc(-n2cnnn2)cc1NC(=O)C=Cc1ccccc1[N+](=O)[O-]. The van der Waals surface area contributed by atoms with Gasteiger partial charge in [-0.3, -0.25) is 14.9 Å². The molecule has 1 heterocycles. The molecular weight excluding hydrogens is 336 g/mol. The number of amides is 1. The van der Waals surface area contributed by atoms with E-state index in [-0.39, 0.29) is 5.69 Å². The molecule has 9 heteroatoms. The van der Waals surface area contributed by atoms with E-state index in [9.17, 15) is 14.9 Å². The summed E-state index contributed by atoms with van der Waals surface area (Å²) in [5.41, 5.74) is 2.43. The van der Waals surface area contributed by atoms with Gasteiger partial charge in [0.25, 0.3) is 5.69 Å². The average molecular weight is 350 g/mol. The van der Waals surface area contributed by atoms with Crippen molar-refractivity contribution in [2.75, 3.05) is 5.32 Å². The molecule has 0 atom stereocenters. The fourth-order valence-electron chi connectivity index (χ4n) is 2.30. The summed E-state index contributed by atoms with van der Waals surface area (Å²) in [6.07, 6.45) is 4.12. The van der Waals surface area contributed by atoms with E-state index in [1.54, 1.807) is 24.3 Å². The Hall–Kier alpha value is -3.88. The van der Waals surface area contributed by atoms with E-state index in [2.05, 4.69) is 20.8 Å². The third-order valence-corrected chi connectivity index (χ3v) is 3.64. The summed E-state index contributed by atoms with van der Waals surface area (Å²) in [5.74, 6) is -0.403. The summed E-state index contributed by atoms with van der Waals surface area (Å²) >= 11 is 0. The van der Waals surface area contributed by atoms with Gasteiger partial charge in [-0.1, -0.05) is 18.2 Å². The first-order valence-corrected chi connectivity index (χ1v) is 7.61. The molecule has 3 rings (SSSR count). The number of nitro benzene ring substituents is 1. The van der Waals surface area contributed by atoms with E-state index in [0.717, 1.165) is 5.56 Å². The van der Waals surface area contributed by atoms with Gasteiger partial charge < -0.3 is 5.32 Å². The number of benzene rings is 2. The monoisotopic (exact) mass is 350 g/mol. The van der Waals surface area contributed by atoms with E-state index in [4.69, 9.17) is 0 Å². The first kappa shape index (κ1) is 17.0. The molecule has 3 aromatic rings. The third kappa shape index (κ3) is 3.78. The second-order valence-corrected chi connectivity index (χ2v) is 5.39. The van der Waals surface area contributed by atoms with E-state index in [0.29, 0.717) is 16.9 Å². The minimum Gasteiger partial charge on any atom is -0.322 e. The number of hydrogen-bond donors (Lipinski definition) is 1. The molecule has 0 fully saturated rings. The van der Waals surface area contributed by atoms with Crippen LogP contribution in [0.25, 0.3) is 11.8 Å². The Balaban J connectivity index is 1.78. The highest BCUT2D eigenvalue weighted by Gasteiger charge is 2.10. The van der Waals surface area contributed by atoms with Crippen molar-refractivity contribution in [2.24, 2.45) is 0 Å². The van der Waals surface area contributed by atoms with Gasteiger partial charge in [0.05, 0.1) is 16.2 Å². The number of carbonyl (C=O) groups excluding carboxylic acids is 1. The van der Waals surface area contributed by atoms with Gasteiger partial charge in [-0.15, -0.1) is 5.10 Å². The van der Waals surface area contributed by atoms with Crippen molar-refractivity contribution < 1.29 is 9.72 Å². The predicted molar refractivity (Wildman–Crippen MR) is 94.7 cm³/mol. The van der Waals surface area contributed by atoms with E-state index < -0.39 is 10.8 Å². The lowest BCUT2D eigenvalue weighted by molar-refractivity contribution is -0.385. The molecule has 1 aromatic heterocycles. The van der Waals surface area contributed by atoms with Crippen molar-refractivity contribution in [3.05, 3.63) is 76.1 Å². The Morgan fingerprint density at radius 3 is 2.81 bits per heavy atom. The molecule has 9 nitrogen and oxygen atoms in total. The van der Waals surface area contributed by atoms with Crippen molar-refractivity contribution >= 4 is 23.4 Å². The average Bonchev–Trinajstić information content (AvgIpc) is 3.16. The van der Waals surface area contributed by atoms with Crippen molar-refractivity contribution in [1.82, 2.24) is 20.2 Å². The molecule has 0 radical (unpaired) electrons. The van der Waals surface area contributed by atoms with Crippen LogP contribution in [0.3, 0.4) is 0 Å². The van der Waals surface area contributed by atoms with Crippen molar-refractivity contribution in [1.29, 1.82) is 0 Å². The van der Waals surface area contributed by atoms with Crippen LogP contribution in [-0.4, -0.2) is 31.0 Å². The number of rotatable bonds is 5. The summed E-state index contributed by atoms with van der Waals surface area (Å²) in [5, 5.41) is 24.7. The van der Waals surface area contributed by atoms with Crippen LogP contribution in [0.1, 0.15) is 11.1 Å². The summed E-state index contributed by atoms with van der Waals surface area (Å²) in [6, 6.07) is 11.6. The van der Waals surface area contributed by atoms with Crippen molar-refractivity contribution in [2.45, 2.75) is 6.92 Å².